The zero-order valence-electron chi connectivity index (χ0n) is 15.3. The summed E-state index contributed by atoms with van der Waals surface area (Å²) >= 11 is 0. The van der Waals surface area contributed by atoms with E-state index in [0.717, 1.165) is 18.3 Å². The lowest BCUT2D eigenvalue weighted by atomic mass is 9.94. The monoisotopic (exact) mass is 328 g/mol. The molecule has 0 aromatic rings. The van der Waals surface area contributed by atoms with E-state index in [0.29, 0.717) is 6.42 Å². The quantitative estimate of drug-likeness (QED) is 0.444. The Kier molecular flexibility index (Phi) is 12.1. The van der Waals surface area contributed by atoms with Crippen molar-refractivity contribution in [1.82, 2.24) is 0 Å². The number of carboxylic acid groups (broad SMARTS) is 1. The SMILES string of the molecule is CC(=CCCC(O)C(O)C(=O)O)CCCC(C)CCCC(C)C. The first-order valence-electron chi connectivity index (χ1n) is 8.98. The van der Waals surface area contributed by atoms with Crippen molar-refractivity contribution in [2.45, 2.75) is 91.3 Å². The molecule has 0 spiro atoms. The van der Waals surface area contributed by atoms with Gasteiger partial charge in [-0.15, -0.1) is 0 Å². The molecular formula is C19H36O4. The van der Waals surface area contributed by atoms with Gasteiger partial charge in [-0.05, 0) is 44.4 Å². The summed E-state index contributed by atoms with van der Waals surface area (Å²) in [5.41, 5.74) is 1.27. The van der Waals surface area contributed by atoms with E-state index in [-0.39, 0.29) is 6.42 Å². The first kappa shape index (κ1) is 22.1. The average molecular weight is 328 g/mol. The van der Waals surface area contributed by atoms with Crippen molar-refractivity contribution in [2.75, 3.05) is 0 Å². The van der Waals surface area contributed by atoms with E-state index in [1.54, 1.807) is 0 Å². The highest BCUT2D eigenvalue weighted by molar-refractivity contribution is 5.72. The van der Waals surface area contributed by atoms with Gasteiger partial charge in [-0.2, -0.15) is 0 Å². The summed E-state index contributed by atoms with van der Waals surface area (Å²) in [5, 5.41) is 27.3. The van der Waals surface area contributed by atoms with Crippen molar-refractivity contribution < 1.29 is 20.1 Å². The highest BCUT2D eigenvalue weighted by Gasteiger charge is 2.22. The number of aliphatic hydroxyl groups excluding tert-OH is 2. The Hall–Kier alpha value is -0.870. The van der Waals surface area contributed by atoms with Crippen LogP contribution in [-0.4, -0.2) is 33.5 Å². The maximum atomic E-state index is 10.5. The summed E-state index contributed by atoms with van der Waals surface area (Å²) in [6, 6.07) is 0. The van der Waals surface area contributed by atoms with Crippen molar-refractivity contribution in [3.63, 3.8) is 0 Å². The molecule has 0 aliphatic heterocycles. The van der Waals surface area contributed by atoms with Crippen molar-refractivity contribution in [3.05, 3.63) is 11.6 Å². The Balaban J connectivity index is 3.80. The minimum absolute atomic E-state index is 0.274. The van der Waals surface area contributed by atoms with E-state index in [1.807, 2.05) is 6.08 Å². The summed E-state index contributed by atoms with van der Waals surface area (Å²) < 4.78 is 0. The molecule has 3 unspecified atom stereocenters. The Bertz CT molecular complexity index is 349. The Morgan fingerprint density at radius 1 is 1.00 bits per heavy atom. The van der Waals surface area contributed by atoms with E-state index in [4.69, 9.17) is 5.11 Å². The van der Waals surface area contributed by atoms with Crippen molar-refractivity contribution in [2.24, 2.45) is 11.8 Å². The van der Waals surface area contributed by atoms with Crippen molar-refractivity contribution >= 4 is 5.97 Å². The van der Waals surface area contributed by atoms with Gasteiger partial charge in [0.15, 0.2) is 6.10 Å². The molecule has 0 saturated heterocycles. The number of carbonyl (C=O) groups is 1. The van der Waals surface area contributed by atoms with Crippen LogP contribution in [0.2, 0.25) is 0 Å². The second-order valence-electron chi connectivity index (χ2n) is 7.30. The number of allylic oxidation sites excluding steroid dienone is 2. The minimum atomic E-state index is -1.68. The Morgan fingerprint density at radius 2 is 1.61 bits per heavy atom. The van der Waals surface area contributed by atoms with E-state index >= 15 is 0 Å². The molecule has 4 heteroatoms. The molecule has 0 bridgehead atoms. The second kappa shape index (κ2) is 12.5. The fourth-order valence-electron chi connectivity index (χ4n) is 2.67. The topological polar surface area (TPSA) is 77.8 Å². The normalized spacial score (nSPS) is 16.4. The van der Waals surface area contributed by atoms with Gasteiger partial charge in [-0.1, -0.05) is 58.1 Å². The number of carboxylic acids is 1. The van der Waals surface area contributed by atoms with Crippen LogP contribution in [0.5, 0.6) is 0 Å². The van der Waals surface area contributed by atoms with E-state index < -0.39 is 18.2 Å². The van der Waals surface area contributed by atoms with Crippen LogP contribution in [0.15, 0.2) is 11.6 Å². The van der Waals surface area contributed by atoms with E-state index in [1.165, 1.54) is 37.7 Å². The number of hydrogen-bond donors (Lipinski definition) is 3. The molecular weight excluding hydrogens is 292 g/mol. The maximum Gasteiger partial charge on any atom is 0.335 e. The van der Waals surface area contributed by atoms with Gasteiger partial charge in [0.2, 0.25) is 0 Å². The fraction of sp³-hybridized carbons (Fsp3) is 0.842. The van der Waals surface area contributed by atoms with Gasteiger partial charge in [0.25, 0.3) is 0 Å². The zero-order chi connectivity index (χ0) is 17.8. The number of aliphatic carboxylic acids is 1. The molecule has 0 amide bonds. The van der Waals surface area contributed by atoms with Gasteiger partial charge < -0.3 is 15.3 Å². The molecule has 0 aromatic heterocycles. The molecule has 0 saturated carbocycles. The largest absolute Gasteiger partial charge is 0.479 e. The van der Waals surface area contributed by atoms with E-state index in [9.17, 15) is 15.0 Å². The summed E-state index contributed by atoms with van der Waals surface area (Å²) in [7, 11) is 0. The third kappa shape index (κ3) is 12.2. The van der Waals surface area contributed by atoms with Gasteiger partial charge in [0.1, 0.15) is 0 Å². The van der Waals surface area contributed by atoms with Crippen LogP contribution in [0.25, 0.3) is 0 Å². The Morgan fingerprint density at radius 3 is 2.17 bits per heavy atom. The minimum Gasteiger partial charge on any atom is -0.479 e. The first-order chi connectivity index (χ1) is 10.7. The third-order valence-electron chi connectivity index (χ3n) is 4.32. The number of hydrogen-bond acceptors (Lipinski definition) is 3. The highest BCUT2D eigenvalue weighted by atomic mass is 16.4. The fourth-order valence-corrected chi connectivity index (χ4v) is 2.67. The number of rotatable bonds is 13. The van der Waals surface area contributed by atoms with Crippen LogP contribution in [0.3, 0.4) is 0 Å². The molecule has 0 fully saturated rings. The average Bonchev–Trinajstić information content (AvgIpc) is 2.45. The standard InChI is InChI=1S/C19H36O4/c1-14(2)8-5-9-15(3)10-6-11-16(4)12-7-13-17(20)18(21)19(22)23/h12,14-15,17-18,20-21H,5-11,13H2,1-4H3,(H,22,23). The first-order valence-corrected chi connectivity index (χ1v) is 8.98. The highest BCUT2D eigenvalue weighted by Crippen LogP contribution is 2.19. The molecule has 23 heavy (non-hydrogen) atoms. The van der Waals surface area contributed by atoms with Crippen LogP contribution < -0.4 is 0 Å². The molecule has 0 radical (unpaired) electrons. The smallest absolute Gasteiger partial charge is 0.335 e. The molecule has 0 rings (SSSR count). The van der Waals surface area contributed by atoms with Gasteiger partial charge in [0.05, 0.1) is 6.10 Å². The van der Waals surface area contributed by atoms with Crippen LogP contribution >= 0.6 is 0 Å². The van der Waals surface area contributed by atoms with Crippen LogP contribution in [0, 0.1) is 11.8 Å². The van der Waals surface area contributed by atoms with Crippen LogP contribution in [0.4, 0.5) is 0 Å². The summed E-state index contributed by atoms with van der Waals surface area (Å²) in [4.78, 5) is 10.5. The lowest BCUT2D eigenvalue weighted by molar-refractivity contribution is -0.152. The van der Waals surface area contributed by atoms with Gasteiger partial charge in [0, 0.05) is 0 Å². The molecule has 0 aromatic carbocycles. The lowest BCUT2D eigenvalue weighted by Crippen LogP contribution is -2.33. The molecule has 0 aliphatic rings. The number of aliphatic hydroxyl groups is 2. The Labute approximate surface area is 141 Å². The van der Waals surface area contributed by atoms with Crippen molar-refractivity contribution in [3.8, 4) is 0 Å². The zero-order valence-corrected chi connectivity index (χ0v) is 15.3. The van der Waals surface area contributed by atoms with E-state index in [2.05, 4.69) is 27.7 Å². The lowest BCUT2D eigenvalue weighted by Gasteiger charge is -2.13. The summed E-state index contributed by atoms with van der Waals surface area (Å²) in [6.07, 6.45) is 7.43. The molecule has 4 nitrogen and oxygen atoms in total. The predicted molar refractivity (Wildman–Crippen MR) is 94.3 cm³/mol. The molecule has 0 heterocycles. The van der Waals surface area contributed by atoms with Gasteiger partial charge in [-0.3, -0.25) is 0 Å². The molecule has 3 atom stereocenters. The molecule has 3 N–H and O–H groups in total. The van der Waals surface area contributed by atoms with Gasteiger partial charge in [-0.25, -0.2) is 4.79 Å². The second-order valence-corrected chi connectivity index (χ2v) is 7.30. The predicted octanol–water partition coefficient (Wildman–Crippen LogP) is 4.15. The summed E-state index contributed by atoms with van der Waals surface area (Å²) in [6.45, 7) is 8.93. The molecule has 136 valence electrons. The molecule has 0 aliphatic carbocycles. The summed E-state index contributed by atoms with van der Waals surface area (Å²) in [5.74, 6) is 0.195. The van der Waals surface area contributed by atoms with Crippen molar-refractivity contribution in [1.29, 1.82) is 0 Å². The van der Waals surface area contributed by atoms with Gasteiger partial charge >= 0.3 is 5.97 Å². The van der Waals surface area contributed by atoms with Crippen LogP contribution in [-0.2, 0) is 4.79 Å². The van der Waals surface area contributed by atoms with Crippen LogP contribution in [0.1, 0.15) is 79.1 Å². The maximum absolute atomic E-state index is 10.5. The third-order valence-corrected chi connectivity index (χ3v) is 4.32.